The van der Waals surface area contributed by atoms with Gasteiger partial charge in [-0.15, -0.1) is 0 Å². The molecule has 1 aliphatic rings. The molecule has 114 valence electrons. The molecule has 1 atom stereocenters. The van der Waals surface area contributed by atoms with Crippen molar-refractivity contribution in [1.29, 1.82) is 0 Å². The molecule has 3 rings (SSSR count). The third-order valence-electron chi connectivity index (χ3n) is 3.73. The van der Waals surface area contributed by atoms with E-state index in [4.69, 9.17) is 9.84 Å². The lowest BCUT2D eigenvalue weighted by atomic mass is 10.1. The number of amides is 1. The SMILES string of the molecule is O=C(O)N1CC[C@@H](Oc2cccc(-c3ccc(F)cc3)c2)C1. The first-order valence-electron chi connectivity index (χ1n) is 7.12. The molecule has 4 nitrogen and oxygen atoms in total. The van der Waals surface area contributed by atoms with Gasteiger partial charge in [-0.2, -0.15) is 0 Å². The second kappa shape index (κ2) is 6.05. The Morgan fingerprint density at radius 3 is 2.64 bits per heavy atom. The van der Waals surface area contributed by atoms with Gasteiger partial charge < -0.3 is 14.7 Å². The number of benzene rings is 2. The third-order valence-corrected chi connectivity index (χ3v) is 3.73. The van der Waals surface area contributed by atoms with E-state index in [0.29, 0.717) is 25.3 Å². The van der Waals surface area contributed by atoms with Gasteiger partial charge in [0.1, 0.15) is 17.7 Å². The fourth-order valence-electron chi connectivity index (χ4n) is 2.58. The summed E-state index contributed by atoms with van der Waals surface area (Å²) in [4.78, 5) is 12.3. The van der Waals surface area contributed by atoms with Crippen LogP contribution in [0.3, 0.4) is 0 Å². The van der Waals surface area contributed by atoms with Crippen molar-refractivity contribution < 1.29 is 19.0 Å². The highest BCUT2D eigenvalue weighted by Gasteiger charge is 2.27. The summed E-state index contributed by atoms with van der Waals surface area (Å²) in [5.74, 6) is 0.426. The normalized spacial score (nSPS) is 17.5. The van der Waals surface area contributed by atoms with Crippen LogP contribution < -0.4 is 4.74 Å². The number of rotatable bonds is 3. The van der Waals surface area contributed by atoms with Gasteiger partial charge in [-0.1, -0.05) is 24.3 Å². The third kappa shape index (κ3) is 3.19. The Hall–Kier alpha value is -2.56. The summed E-state index contributed by atoms with van der Waals surface area (Å²) < 4.78 is 18.8. The van der Waals surface area contributed by atoms with Crippen LogP contribution in [-0.2, 0) is 0 Å². The smallest absolute Gasteiger partial charge is 0.407 e. The first-order valence-corrected chi connectivity index (χ1v) is 7.12. The zero-order chi connectivity index (χ0) is 15.5. The van der Waals surface area contributed by atoms with E-state index in [-0.39, 0.29) is 11.9 Å². The van der Waals surface area contributed by atoms with Crippen LogP contribution in [0.25, 0.3) is 11.1 Å². The minimum Gasteiger partial charge on any atom is -0.488 e. The van der Waals surface area contributed by atoms with E-state index in [1.54, 1.807) is 12.1 Å². The number of hydrogen-bond donors (Lipinski definition) is 1. The van der Waals surface area contributed by atoms with Crippen molar-refractivity contribution in [3.63, 3.8) is 0 Å². The standard InChI is InChI=1S/C17H16FNO3/c18-14-6-4-12(5-7-14)13-2-1-3-15(10-13)22-16-8-9-19(11-16)17(20)21/h1-7,10,16H,8-9,11H2,(H,20,21)/t16-/m1/s1. The molecule has 1 heterocycles. The highest BCUT2D eigenvalue weighted by atomic mass is 19.1. The van der Waals surface area contributed by atoms with E-state index in [0.717, 1.165) is 11.1 Å². The first-order chi connectivity index (χ1) is 10.6. The summed E-state index contributed by atoms with van der Waals surface area (Å²) in [6.07, 6.45) is -0.349. The van der Waals surface area contributed by atoms with E-state index >= 15 is 0 Å². The Bertz CT molecular complexity index is 672. The molecular weight excluding hydrogens is 285 g/mol. The number of halogens is 1. The summed E-state index contributed by atoms with van der Waals surface area (Å²) in [7, 11) is 0. The molecule has 0 saturated carbocycles. The van der Waals surface area contributed by atoms with Gasteiger partial charge in [0, 0.05) is 13.0 Å². The molecule has 22 heavy (non-hydrogen) atoms. The van der Waals surface area contributed by atoms with Gasteiger partial charge in [-0.25, -0.2) is 9.18 Å². The summed E-state index contributed by atoms with van der Waals surface area (Å²) in [6, 6.07) is 13.8. The lowest BCUT2D eigenvalue weighted by molar-refractivity contribution is 0.145. The first kappa shape index (κ1) is 14.4. The molecule has 5 heteroatoms. The van der Waals surface area contributed by atoms with Crippen LogP contribution in [0.2, 0.25) is 0 Å². The number of ether oxygens (including phenoxy) is 1. The molecular formula is C17H16FNO3. The number of nitrogens with zero attached hydrogens (tertiary/aromatic N) is 1. The largest absolute Gasteiger partial charge is 0.488 e. The van der Waals surface area contributed by atoms with Crippen LogP contribution in [0, 0.1) is 5.82 Å². The molecule has 1 saturated heterocycles. The number of likely N-dealkylation sites (tertiary alicyclic amines) is 1. The average Bonchev–Trinajstić information content (AvgIpc) is 2.97. The number of carbonyl (C=O) groups is 1. The monoisotopic (exact) mass is 301 g/mol. The van der Waals surface area contributed by atoms with E-state index < -0.39 is 6.09 Å². The molecule has 0 radical (unpaired) electrons. The van der Waals surface area contributed by atoms with Crippen molar-refractivity contribution in [3.8, 4) is 16.9 Å². The van der Waals surface area contributed by atoms with Gasteiger partial charge >= 0.3 is 6.09 Å². The zero-order valence-electron chi connectivity index (χ0n) is 11.9. The second-order valence-electron chi connectivity index (χ2n) is 5.29. The molecule has 0 aliphatic carbocycles. The predicted molar refractivity (Wildman–Crippen MR) is 80.5 cm³/mol. The maximum atomic E-state index is 13.0. The summed E-state index contributed by atoms with van der Waals surface area (Å²) in [5, 5.41) is 8.95. The van der Waals surface area contributed by atoms with Gasteiger partial charge in [-0.3, -0.25) is 0 Å². The number of hydrogen-bond acceptors (Lipinski definition) is 2. The summed E-state index contributed by atoms with van der Waals surface area (Å²) in [6.45, 7) is 0.883. The average molecular weight is 301 g/mol. The molecule has 0 bridgehead atoms. The minimum atomic E-state index is -0.911. The van der Waals surface area contributed by atoms with E-state index in [9.17, 15) is 9.18 Å². The van der Waals surface area contributed by atoms with E-state index in [1.807, 2.05) is 24.3 Å². The lowest BCUT2D eigenvalue weighted by Gasteiger charge is -2.15. The highest BCUT2D eigenvalue weighted by Crippen LogP contribution is 2.26. The molecule has 1 N–H and O–H groups in total. The van der Waals surface area contributed by atoms with Crippen molar-refractivity contribution in [2.24, 2.45) is 0 Å². The highest BCUT2D eigenvalue weighted by molar-refractivity contribution is 5.66. The topological polar surface area (TPSA) is 49.8 Å². The van der Waals surface area contributed by atoms with Crippen molar-refractivity contribution in [2.45, 2.75) is 12.5 Å². The second-order valence-corrected chi connectivity index (χ2v) is 5.29. The Morgan fingerprint density at radius 1 is 1.18 bits per heavy atom. The van der Waals surface area contributed by atoms with Crippen LogP contribution in [0.1, 0.15) is 6.42 Å². The Kier molecular flexibility index (Phi) is 3.96. The Morgan fingerprint density at radius 2 is 1.95 bits per heavy atom. The van der Waals surface area contributed by atoms with Crippen LogP contribution in [0.4, 0.5) is 9.18 Å². The van der Waals surface area contributed by atoms with Crippen molar-refractivity contribution >= 4 is 6.09 Å². The van der Waals surface area contributed by atoms with Crippen molar-refractivity contribution in [1.82, 2.24) is 4.90 Å². The van der Waals surface area contributed by atoms with Gasteiger partial charge in [0.05, 0.1) is 6.54 Å². The van der Waals surface area contributed by atoms with Gasteiger partial charge in [0.25, 0.3) is 0 Å². The molecule has 1 amide bonds. The minimum absolute atomic E-state index is 0.125. The Labute approximate surface area is 127 Å². The summed E-state index contributed by atoms with van der Waals surface area (Å²) >= 11 is 0. The van der Waals surface area contributed by atoms with Gasteiger partial charge in [-0.05, 0) is 35.4 Å². The maximum absolute atomic E-state index is 13.0. The molecule has 2 aromatic carbocycles. The maximum Gasteiger partial charge on any atom is 0.407 e. The van der Waals surface area contributed by atoms with Crippen LogP contribution in [-0.4, -0.2) is 35.3 Å². The van der Waals surface area contributed by atoms with Gasteiger partial charge in [0.2, 0.25) is 0 Å². The quantitative estimate of drug-likeness (QED) is 0.942. The van der Waals surface area contributed by atoms with E-state index in [1.165, 1.54) is 17.0 Å². The zero-order valence-corrected chi connectivity index (χ0v) is 11.9. The van der Waals surface area contributed by atoms with Crippen molar-refractivity contribution in [3.05, 3.63) is 54.3 Å². The van der Waals surface area contributed by atoms with Crippen molar-refractivity contribution in [2.75, 3.05) is 13.1 Å². The molecule has 0 unspecified atom stereocenters. The molecule has 0 aromatic heterocycles. The fraction of sp³-hybridized carbons (Fsp3) is 0.235. The molecule has 1 aliphatic heterocycles. The fourth-order valence-corrected chi connectivity index (χ4v) is 2.58. The summed E-state index contributed by atoms with van der Waals surface area (Å²) in [5.41, 5.74) is 1.84. The Balaban J connectivity index is 1.72. The van der Waals surface area contributed by atoms with Crippen LogP contribution >= 0.6 is 0 Å². The number of carboxylic acid groups (broad SMARTS) is 1. The predicted octanol–water partition coefficient (Wildman–Crippen LogP) is 3.62. The molecule has 2 aromatic rings. The van der Waals surface area contributed by atoms with Gasteiger partial charge in [0.15, 0.2) is 0 Å². The van der Waals surface area contributed by atoms with Crippen LogP contribution in [0.5, 0.6) is 5.75 Å². The molecule has 0 spiro atoms. The molecule has 1 fully saturated rings. The lowest BCUT2D eigenvalue weighted by Crippen LogP contribution is -2.29. The van der Waals surface area contributed by atoms with E-state index in [2.05, 4.69) is 0 Å². The van der Waals surface area contributed by atoms with Crippen LogP contribution in [0.15, 0.2) is 48.5 Å².